The molecule has 0 radical (unpaired) electrons. The summed E-state index contributed by atoms with van der Waals surface area (Å²) in [5, 5.41) is 15.4. The summed E-state index contributed by atoms with van der Waals surface area (Å²) in [4.78, 5) is 23.9. The Kier molecular flexibility index (Phi) is 6.75. The van der Waals surface area contributed by atoms with Gasteiger partial charge in [-0.15, -0.1) is 0 Å². The number of ketones is 1. The minimum Gasteiger partial charge on any atom is -0.379 e. The highest BCUT2D eigenvalue weighted by molar-refractivity contribution is 6.06. The van der Waals surface area contributed by atoms with E-state index in [0.717, 1.165) is 11.1 Å². The van der Waals surface area contributed by atoms with Crippen LogP contribution in [0.3, 0.4) is 0 Å². The van der Waals surface area contributed by atoms with Gasteiger partial charge >= 0.3 is 0 Å². The van der Waals surface area contributed by atoms with Crippen molar-refractivity contribution in [3.63, 3.8) is 0 Å². The maximum absolute atomic E-state index is 12.5. The number of amides is 1. The molecular formula is C25H21N3O2. The first-order chi connectivity index (χ1) is 14.6. The van der Waals surface area contributed by atoms with Crippen LogP contribution in [0.1, 0.15) is 34.5 Å². The molecule has 0 atom stereocenters. The lowest BCUT2D eigenvalue weighted by Gasteiger charge is -2.19. The number of benzene rings is 3. The topological polar surface area (TPSA) is 82.0 Å². The van der Waals surface area contributed by atoms with Gasteiger partial charge in [0.1, 0.15) is 11.6 Å². The van der Waals surface area contributed by atoms with Crippen molar-refractivity contribution in [1.82, 2.24) is 5.32 Å². The standard InChI is InChI=1S/C25H21N3O2/c1-18(29)19-12-14-23(15-13-19)28-25(30)22(16-26)17-27-24(20-8-4-2-5-9-20)21-10-6-3-7-11-21/h2-15,17,24,27H,1H3,(H,28,30)/b22-17-. The third kappa shape index (κ3) is 5.21. The number of carbonyl (C=O) groups is 2. The zero-order valence-corrected chi connectivity index (χ0v) is 16.5. The molecule has 0 aliphatic rings. The van der Waals surface area contributed by atoms with E-state index in [1.165, 1.54) is 13.1 Å². The zero-order chi connectivity index (χ0) is 21.3. The van der Waals surface area contributed by atoms with Crippen molar-refractivity contribution in [2.75, 3.05) is 5.32 Å². The van der Waals surface area contributed by atoms with Crippen molar-refractivity contribution in [2.24, 2.45) is 0 Å². The first-order valence-electron chi connectivity index (χ1n) is 9.47. The largest absolute Gasteiger partial charge is 0.379 e. The number of nitrogens with one attached hydrogen (secondary N) is 2. The number of rotatable bonds is 7. The summed E-state index contributed by atoms with van der Waals surface area (Å²) in [5.41, 5.74) is 3.03. The zero-order valence-electron chi connectivity index (χ0n) is 16.5. The smallest absolute Gasteiger partial charge is 0.267 e. The second-order valence-electron chi connectivity index (χ2n) is 6.68. The molecule has 5 heteroatoms. The molecule has 0 heterocycles. The fourth-order valence-corrected chi connectivity index (χ4v) is 2.98. The van der Waals surface area contributed by atoms with Gasteiger partial charge < -0.3 is 10.6 Å². The van der Waals surface area contributed by atoms with Crippen LogP contribution in [0.5, 0.6) is 0 Å². The van der Waals surface area contributed by atoms with Gasteiger partial charge in [0.25, 0.3) is 5.91 Å². The maximum Gasteiger partial charge on any atom is 0.267 e. The van der Waals surface area contributed by atoms with Crippen molar-refractivity contribution in [2.45, 2.75) is 13.0 Å². The summed E-state index contributed by atoms with van der Waals surface area (Å²) < 4.78 is 0. The van der Waals surface area contributed by atoms with Crippen LogP contribution >= 0.6 is 0 Å². The summed E-state index contributed by atoms with van der Waals surface area (Å²) in [6.07, 6.45) is 1.43. The molecule has 0 bridgehead atoms. The highest BCUT2D eigenvalue weighted by atomic mass is 16.1. The SMILES string of the molecule is CC(=O)c1ccc(NC(=O)/C(C#N)=C\NC(c2ccccc2)c2ccccc2)cc1. The van der Waals surface area contributed by atoms with Gasteiger partial charge in [-0.2, -0.15) is 5.26 Å². The van der Waals surface area contributed by atoms with E-state index in [2.05, 4.69) is 10.6 Å². The number of hydrogen-bond donors (Lipinski definition) is 2. The van der Waals surface area contributed by atoms with E-state index < -0.39 is 5.91 Å². The second kappa shape index (κ2) is 9.85. The molecular weight excluding hydrogens is 374 g/mol. The first-order valence-corrected chi connectivity index (χ1v) is 9.47. The van der Waals surface area contributed by atoms with E-state index >= 15 is 0 Å². The molecule has 3 aromatic carbocycles. The fraction of sp³-hybridized carbons (Fsp3) is 0.0800. The Bertz CT molecular complexity index is 1040. The summed E-state index contributed by atoms with van der Waals surface area (Å²) in [5.74, 6) is -0.581. The summed E-state index contributed by atoms with van der Waals surface area (Å²) in [6, 6.07) is 27.9. The Hall–Kier alpha value is -4.17. The summed E-state index contributed by atoms with van der Waals surface area (Å²) in [6.45, 7) is 1.48. The lowest BCUT2D eigenvalue weighted by Crippen LogP contribution is -2.21. The van der Waals surface area contributed by atoms with Gasteiger partial charge in [-0.1, -0.05) is 60.7 Å². The van der Waals surface area contributed by atoms with Crippen LogP contribution in [-0.4, -0.2) is 11.7 Å². The van der Waals surface area contributed by atoms with Crippen LogP contribution in [-0.2, 0) is 4.79 Å². The molecule has 5 nitrogen and oxygen atoms in total. The number of hydrogen-bond acceptors (Lipinski definition) is 4. The summed E-state index contributed by atoms with van der Waals surface area (Å²) >= 11 is 0. The van der Waals surface area contributed by atoms with Gasteiger partial charge in [0.2, 0.25) is 0 Å². The first kappa shape index (κ1) is 20.6. The molecule has 148 valence electrons. The molecule has 3 aromatic rings. The number of nitriles is 1. The van der Waals surface area contributed by atoms with Crippen LogP contribution in [0, 0.1) is 11.3 Å². The third-order valence-corrected chi connectivity index (χ3v) is 4.57. The minimum absolute atomic E-state index is 0.0532. The number of carbonyl (C=O) groups excluding carboxylic acids is 2. The molecule has 0 spiro atoms. The molecule has 2 N–H and O–H groups in total. The highest BCUT2D eigenvalue weighted by Gasteiger charge is 2.14. The van der Waals surface area contributed by atoms with Gasteiger partial charge in [0, 0.05) is 17.5 Å². The van der Waals surface area contributed by atoms with Crippen molar-refractivity contribution < 1.29 is 9.59 Å². The van der Waals surface area contributed by atoms with Gasteiger partial charge in [-0.05, 0) is 42.3 Å². The van der Waals surface area contributed by atoms with Crippen molar-refractivity contribution >= 4 is 17.4 Å². The monoisotopic (exact) mass is 395 g/mol. The predicted octanol–water partition coefficient (Wildman–Crippen LogP) is 4.61. The van der Waals surface area contributed by atoms with Crippen molar-refractivity contribution in [3.8, 4) is 6.07 Å². The van der Waals surface area contributed by atoms with E-state index in [4.69, 9.17) is 0 Å². The molecule has 0 aliphatic heterocycles. The van der Waals surface area contributed by atoms with Gasteiger partial charge in [-0.3, -0.25) is 9.59 Å². The maximum atomic E-state index is 12.5. The van der Waals surface area contributed by atoms with E-state index in [0.29, 0.717) is 11.3 Å². The van der Waals surface area contributed by atoms with Crippen molar-refractivity contribution in [1.29, 1.82) is 5.26 Å². The molecule has 0 fully saturated rings. The van der Waals surface area contributed by atoms with Crippen molar-refractivity contribution in [3.05, 3.63) is 113 Å². The molecule has 30 heavy (non-hydrogen) atoms. The van der Waals surface area contributed by atoms with E-state index in [1.54, 1.807) is 24.3 Å². The lowest BCUT2D eigenvalue weighted by molar-refractivity contribution is -0.112. The third-order valence-electron chi connectivity index (χ3n) is 4.57. The minimum atomic E-state index is -0.527. The highest BCUT2D eigenvalue weighted by Crippen LogP contribution is 2.22. The molecule has 0 aromatic heterocycles. The summed E-state index contributed by atoms with van der Waals surface area (Å²) in [7, 11) is 0. The predicted molar refractivity (Wildman–Crippen MR) is 117 cm³/mol. The quantitative estimate of drug-likeness (QED) is 0.348. The average molecular weight is 395 g/mol. The average Bonchev–Trinajstić information content (AvgIpc) is 2.78. The fourth-order valence-electron chi connectivity index (χ4n) is 2.98. The number of anilines is 1. The molecule has 0 saturated heterocycles. The normalized spacial score (nSPS) is 10.9. The molecule has 1 amide bonds. The van der Waals surface area contributed by atoms with Gasteiger partial charge in [-0.25, -0.2) is 0 Å². The number of Topliss-reactive ketones (excluding diaryl/α,β-unsaturated/α-hetero) is 1. The molecule has 0 saturated carbocycles. The lowest BCUT2D eigenvalue weighted by atomic mass is 9.99. The van der Waals surface area contributed by atoms with Gasteiger partial charge in [0.05, 0.1) is 6.04 Å². The van der Waals surface area contributed by atoms with Crippen LogP contribution < -0.4 is 10.6 Å². The Balaban J connectivity index is 1.79. The Labute approximate surface area is 175 Å². The van der Waals surface area contributed by atoms with E-state index in [9.17, 15) is 14.9 Å². The molecule has 0 aliphatic carbocycles. The Morgan fingerprint density at radius 1 is 0.867 bits per heavy atom. The molecule has 0 unspecified atom stereocenters. The van der Waals surface area contributed by atoms with E-state index in [-0.39, 0.29) is 17.4 Å². The number of nitrogens with zero attached hydrogens (tertiary/aromatic N) is 1. The van der Waals surface area contributed by atoms with Crippen LogP contribution in [0.15, 0.2) is 96.7 Å². The van der Waals surface area contributed by atoms with Crippen LogP contribution in [0.25, 0.3) is 0 Å². The molecule has 3 rings (SSSR count). The Morgan fingerprint density at radius 2 is 1.40 bits per heavy atom. The van der Waals surface area contributed by atoms with E-state index in [1.807, 2.05) is 66.7 Å². The Morgan fingerprint density at radius 3 is 1.87 bits per heavy atom. The van der Waals surface area contributed by atoms with Gasteiger partial charge in [0.15, 0.2) is 5.78 Å². The second-order valence-corrected chi connectivity index (χ2v) is 6.68. The van der Waals surface area contributed by atoms with Crippen LogP contribution in [0.2, 0.25) is 0 Å². The van der Waals surface area contributed by atoms with Crippen LogP contribution in [0.4, 0.5) is 5.69 Å².